The van der Waals surface area contributed by atoms with Gasteiger partial charge >= 0.3 is 0 Å². The minimum absolute atomic E-state index is 0.0484. The molecule has 10 rings (SSSR count). The summed E-state index contributed by atoms with van der Waals surface area (Å²) in [6.45, 7) is 25.0. The molecule has 0 aliphatic carbocycles. The fourth-order valence-electron chi connectivity index (χ4n) is 9.99. The summed E-state index contributed by atoms with van der Waals surface area (Å²) in [5.41, 5.74) is 22.7. The lowest BCUT2D eigenvalue weighted by Gasteiger charge is -2.43. The first-order chi connectivity index (χ1) is 30.2. The first kappa shape index (κ1) is 41.0. The summed E-state index contributed by atoms with van der Waals surface area (Å²) in [7, 11) is 0. The Morgan fingerprint density at radius 3 is 1.71 bits per heavy atom. The van der Waals surface area contributed by atoms with Crippen molar-refractivity contribution in [2.75, 3.05) is 14.7 Å². The number of hydrogen-bond donors (Lipinski definition) is 0. The highest BCUT2D eigenvalue weighted by Crippen LogP contribution is 2.49. The van der Waals surface area contributed by atoms with Gasteiger partial charge in [0.25, 0.3) is 6.71 Å². The summed E-state index contributed by atoms with van der Waals surface area (Å²) in [6, 6.07) is 53.8. The van der Waals surface area contributed by atoms with Crippen LogP contribution in [0.1, 0.15) is 99.2 Å². The third-order valence-corrected chi connectivity index (χ3v) is 14.7. The molecule has 3 nitrogen and oxygen atoms in total. The highest BCUT2D eigenvalue weighted by Gasteiger charge is 2.45. The molecule has 2 aliphatic rings. The van der Waals surface area contributed by atoms with Crippen molar-refractivity contribution in [2.45, 2.75) is 93.4 Å². The van der Waals surface area contributed by atoms with Crippen molar-refractivity contribution in [1.82, 2.24) is 0 Å². The van der Waals surface area contributed by atoms with Gasteiger partial charge in [-0.15, -0.1) is 11.3 Å². The predicted octanol–water partition coefficient (Wildman–Crippen LogP) is 15.2. The van der Waals surface area contributed by atoms with Crippen LogP contribution in [0, 0.1) is 27.7 Å². The molecule has 1 aromatic heterocycles. The minimum Gasteiger partial charge on any atom is -0.311 e. The Labute approximate surface area is 379 Å². The van der Waals surface area contributed by atoms with Crippen LogP contribution in [0.4, 0.5) is 51.2 Å². The molecule has 0 spiro atoms. The second-order valence-electron chi connectivity index (χ2n) is 19.7. The molecule has 0 radical (unpaired) electrons. The number of thiophene rings is 1. The van der Waals surface area contributed by atoms with Gasteiger partial charge in [-0.05, 0) is 156 Å². The van der Waals surface area contributed by atoms with E-state index in [1.807, 2.05) is 11.3 Å². The van der Waals surface area contributed by atoms with Crippen LogP contribution in [0.2, 0.25) is 0 Å². The van der Waals surface area contributed by atoms with Gasteiger partial charge in [0.2, 0.25) is 0 Å². The molecule has 0 fully saturated rings. The fraction of sp³-hybridized carbons (Fsp3) is 0.241. The molecule has 0 bridgehead atoms. The number of fused-ring (bicyclic) bond motifs is 6. The number of hydrogen-bond acceptors (Lipinski definition) is 4. The maximum Gasteiger partial charge on any atom is 0.264 e. The lowest BCUT2D eigenvalue weighted by Crippen LogP contribution is -2.60. The molecule has 0 amide bonds. The van der Waals surface area contributed by atoms with E-state index in [4.69, 9.17) is 0 Å². The molecule has 8 aromatic rings. The van der Waals surface area contributed by atoms with Gasteiger partial charge < -0.3 is 14.7 Å². The van der Waals surface area contributed by atoms with E-state index in [9.17, 15) is 0 Å². The minimum atomic E-state index is 0.0484. The fourth-order valence-corrected chi connectivity index (χ4v) is 11.3. The molecule has 0 saturated heterocycles. The quantitative estimate of drug-likeness (QED) is 0.148. The van der Waals surface area contributed by atoms with E-state index in [0.717, 1.165) is 11.4 Å². The van der Waals surface area contributed by atoms with E-state index in [2.05, 4.69) is 230 Å². The van der Waals surface area contributed by atoms with Crippen molar-refractivity contribution in [3.8, 4) is 0 Å². The van der Waals surface area contributed by atoms with Gasteiger partial charge in [0.05, 0.1) is 5.69 Å². The average molecular weight is 840 g/mol. The summed E-state index contributed by atoms with van der Waals surface area (Å²) < 4.78 is 2.72. The van der Waals surface area contributed by atoms with Crippen molar-refractivity contribution in [2.24, 2.45) is 0 Å². The number of benzene rings is 7. The molecule has 0 atom stereocenters. The molecule has 5 heteroatoms. The van der Waals surface area contributed by atoms with Crippen LogP contribution >= 0.6 is 11.3 Å². The van der Waals surface area contributed by atoms with Gasteiger partial charge in [-0.1, -0.05) is 126 Å². The molecule has 63 heavy (non-hydrogen) atoms. The van der Waals surface area contributed by atoms with Crippen LogP contribution < -0.4 is 30.4 Å². The molecule has 0 saturated carbocycles. The van der Waals surface area contributed by atoms with Crippen molar-refractivity contribution >= 4 is 95.0 Å². The highest BCUT2D eigenvalue weighted by molar-refractivity contribution is 7.33. The van der Waals surface area contributed by atoms with E-state index in [-0.39, 0.29) is 12.1 Å². The Bertz CT molecular complexity index is 3000. The van der Waals surface area contributed by atoms with Crippen LogP contribution in [0.15, 0.2) is 140 Å². The molecular weight excluding hydrogens is 782 g/mol. The molecule has 7 aromatic carbocycles. The van der Waals surface area contributed by atoms with E-state index >= 15 is 0 Å². The predicted molar refractivity (Wildman–Crippen MR) is 276 cm³/mol. The van der Waals surface area contributed by atoms with Gasteiger partial charge in [0.15, 0.2) is 0 Å². The number of anilines is 9. The van der Waals surface area contributed by atoms with Crippen molar-refractivity contribution < 1.29 is 0 Å². The molecule has 3 heterocycles. The molecule has 314 valence electrons. The molecule has 0 N–H and O–H groups in total. The van der Waals surface area contributed by atoms with Gasteiger partial charge in [-0.25, -0.2) is 0 Å². The largest absolute Gasteiger partial charge is 0.311 e. The Kier molecular flexibility index (Phi) is 9.99. The lowest BCUT2D eigenvalue weighted by atomic mass is 9.36. The molecular formula is C58H58BN3S. The molecule has 2 aliphatic heterocycles. The van der Waals surface area contributed by atoms with E-state index in [1.165, 1.54) is 105 Å². The summed E-state index contributed by atoms with van der Waals surface area (Å²) >= 11 is 1.96. The summed E-state index contributed by atoms with van der Waals surface area (Å²) in [4.78, 5) is 7.62. The second-order valence-corrected chi connectivity index (χ2v) is 20.8. The zero-order chi connectivity index (χ0) is 44.1. The van der Waals surface area contributed by atoms with E-state index in [1.54, 1.807) is 0 Å². The summed E-state index contributed by atoms with van der Waals surface area (Å²) in [5, 5.41) is 1.32. The Morgan fingerprint density at radius 2 is 1.13 bits per heavy atom. The van der Waals surface area contributed by atoms with Crippen LogP contribution in [0.3, 0.4) is 0 Å². The van der Waals surface area contributed by atoms with Gasteiger partial charge in [0, 0.05) is 60.4 Å². The normalized spacial score (nSPS) is 13.2. The average Bonchev–Trinajstić information content (AvgIpc) is 3.63. The summed E-state index contributed by atoms with van der Waals surface area (Å²) in [5.74, 6) is 0.902. The Morgan fingerprint density at radius 1 is 0.556 bits per heavy atom. The van der Waals surface area contributed by atoms with Gasteiger partial charge in [-0.3, -0.25) is 0 Å². The molecule has 0 unspecified atom stereocenters. The topological polar surface area (TPSA) is 9.72 Å². The first-order valence-electron chi connectivity index (χ1n) is 22.8. The van der Waals surface area contributed by atoms with E-state index < -0.39 is 0 Å². The zero-order valence-electron chi connectivity index (χ0n) is 38.8. The third-order valence-electron chi connectivity index (χ3n) is 13.5. The summed E-state index contributed by atoms with van der Waals surface area (Å²) in [6.07, 6.45) is 0. The Balaban J connectivity index is 1.25. The smallest absolute Gasteiger partial charge is 0.264 e. The standard InChI is InChI=1S/C58H58BN3S/c1-35(2)41-18-28-49(39(7)32-41)61(50-29-19-42(36(3)4)33-40(50)8)46-26-27-48-53(34-46)60(44-22-15-37(5)16-23-44)51-13-12-14-52-55(51)59(48)57-56(47-31-38(6)17-30-54(47)63-57)62(52)45-24-20-43(21-25-45)58(9,10)11/h12-36H,1-11H3. The maximum atomic E-state index is 2.57. The van der Waals surface area contributed by atoms with Crippen molar-refractivity contribution in [1.29, 1.82) is 0 Å². The van der Waals surface area contributed by atoms with E-state index in [0.29, 0.717) is 11.8 Å². The van der Waals surface area contributed by atoms with Crippen LogP contribution in [-0.2, 0) is 5.41 Å². The number of nitrogens with zero attached hydrogens (tertiary/aromatic N) is 3. The Hall–Kier alpha value is -6.04. The van der Waals surface area contributed by atoms with Crippen molar-refractivity contribution in [3.05, 3.63) is 178 Å². The number of aryl methyl sites for hydroxylation is 4. The second kappa shape index (κ2) is 15.3. The SMILES string of the molecule is Cc1ccc(N2c3cc(N(c4ccc(C(C)C)cc4C)c4ccc(C(C)C)cc4C)ccc3B3c4sc5ccc(C)cc5c4N(c4ccc(C(C)(C)C)cc4)c4cccc2c43)cc1. The zero-order valence-corrected chi connectivity index (χ0v) is 39.6. The number of rotatable bonds is 7. The maximum absolute atomic E-state index is 2.57. The third kappa shape index (κ3) is 6.88. The lowest BCUT2D eigenvalue weighted by molar-refractivity contribution is 0.590. The van der Waals surface area contributed by atoms with Gasteiger partial charge in [0.1, 0.15) is 0 Å². The van der Waals surface area contributed by atoms with Crippen LogP contribution in [0.25, 0.3) is 10.1 Å². The van der Waals surface area contributed by atoms with Crippen molar-refractivity contribution in [3.63, 3.8) is 0 Å². The monoisotopic (exact) mass is 839 g/mol. The van der Waals surface area contributed by atoms with Crippen LogP contribution in [0.5, 0.6) is 0 Å². The highest BCUT2D eigenvalue weighted by atomic mass is 32.1. The van der Waals surface area contributed by atoms with Crippen LogP contribution in [-0.4, -0.2) is 6.71 Å². The first-order valence-corrected chi connectivity index (χ1v) is 23.6. The van der Waals surface area contributed by atoms with Gasteiger partial charge in [-0.2, -0.15) is 0 Å².